The molecule has 2 unspecified atom stereocenters. The summed E-state index contributed by atoms with van der Waals surface area (Å²) < 4.78 is 29.8. The van der Waals surface area contributed by atoms with E-state index in [0.717, 1.165) is 12.8 Å². The minimum absolute atomic E-state index is 0.0394. The Morgan fingerprint density at radius 3 is 2.52 bits per heavy atom. The second-order valence-corrected chi connectivity index (χ2v) is 13.8. The van der Waals surface area contributed by atoms with Gasteiger partial charge in [0, 0.05) is 42.3 Å². The quantitative estimate of drug-likeness (QED) is 0.335. The van der Waals surface area contributed by atoms with Crippen molar-refractivity contribution in [2.45, 2.75) is 71.7 Å². The van der Waals surface area contributed by atoms with E-state index in [1.54, 1.807) is 62.0 Å². The predicted octanol–water partition coefficient (Wildman–Crippen LogP) is 5.76. The molecule has 3 heterocycles. The number of aliphatic hydroxyl groups is 1. The molecule has 2 fully saturated rings. The van der Waals surface area contributed by atoms with Gasteiger partial charge in [-0.15, -0.1) is 0 Å². The molecule has 1 aliphatic heterocycles. The third-order valence-electron chi connectivity index (χ3n) is 11.3. The first kappa shape index (κ1) is 31.8. The van der Waals surface area contributed by atoms with Crippen LogP contribution < -0.4 is 15.1 Å². The standard InChI is InChI=1S/C36H41NO9/c1-20-13-14-34(3)27(35(20,4)19-43-21(2)38)17-28(45-32(40)22-9-11-24(42-6)12-10-22)36(5)31(34)30(39)29-26(46-36)16-25(44-33(29)41)23-8-7-15-37-18-23/h7-12,15-16,18,20,27-28,30-31,39H,13-14,17,19H2,1-6H3/t20-,27?,28-,30-,31?,34-,35+,36+/m0/s1. The van der Waals surface area contributed by atoms with E-state index in [1.165, 1.54) is 6.92 Å². The summed E-state index contributed by atoms with van der Waals surface area (Å²) in [5.74, 6) is -0.567. The summed E-state index contributed by atoms with van der Waals surface area (Å²) in [4.78, 5) is 43.4. The highest BCUT2D eigenvalue weighted by Crippen LogP contribution is 2.68. The molecule has 0 saturated heterocycles. The number of rotatable bonds is 6. The van der Waals surface area contributed by atoms with Crippen LogP contribution in [0.2, 0.25) is 0 Å². The van der Waals surface area contributed by atoms with Crippen LogP contribution in [0.4, 0.5) is 0 Å². The predicted molar refractivity (Wildman–Crippen MR) is 167 cm³/mol. The van der Waals surface area contributed by atoms with Crippen LogP contribution in [0.5, 0.6) is 11.5 Å². The molecular weight excluding hydrogens is 590 g/mol. The van der Waals surface area contributed by atoms with Crippen LogP contribution in [0.25, 0.3) is 11.3 Å². The lowest BCUT2D eigenvalue weighted by Gasteiger charge is -2.66. The Bertz CT molecular complexity index is 1690. The topological polar surface area (TPSA) is 134 Å². The highest BCUT2D eigenvalue weighted by Gasteiger charge is 2.70. The molecule has 8 atom stereocenters. The molecule has 1 aromatic carbocycles. The summed E-state index contributed by atoms with van der Waals surface area (Å²) in [6.45, 7) is 9.79. The molecule has 0 bridgehead atoms. The van der Waals surface area contributed by atoms with Gasteiger partial charge >= 0.3 is 17.6 Å². The minimum atomic E-state index is -1.28. The van der Waals surface area contributed by atoms with E-state index in [9.17, 15) is 19.5 Å². The van der Waals surface area contributed by atoms with Crippen molar-refractivity contribution in [3.63, 3.8) is 0 Å². The number of esters is 2. The largest absolute Gasteiger partial charge is 0.497 e. The monoisotopic (exact) mass is 631 g/mol. The Labute approximate surface area is 268 Å². The highest BCUT2D eigenvalue weighted by molar-refractivity contribution is 5.89. The van der Waals surface area contributed by atoms with Crippen molar-refractivity contribution in [1.29, 1.82) is 0 Å². The van der Waals surface area contributed by atoms with Crippen LogP contribution in [-0.2, 0) is 14.3 Å². The molecule has 2 aromatic heterocycles. The van der Waals surface area contributed by atoms with Gasteiger partial charge in [0.25, 0.3) is 0 Å². The first-order valence-corrected chi connectivity index (χ1v) is 15.8. The molecule has 10 nitrogen and oxygen atoms in total. The van der Waals surface area contributed by atoms with Gasteiger partial charge < -0.3 is 28.5 Å². The Hall–Kier alpha value is -4.18. The molecule has 0 spiro atoms. The second kappa shape index (κ2) is 11.6. The average Bonchev–Trinajstić information content (AvgIpc) is 3.03. The van der Waals surface area contributed by atoms with E-state index in [0.29, 0.717) is 23.3 Å². The summed E-state index contributed by atoms with van der Waals surface area (Å²) in [5.41, 5.74) is -2.08. The fraction of sp³-hybridized carbons (Fsp3) is 0.500. The molecule has 3 aliphatic rings. The summed E-state index contributed by atoms with van der Waals surface area (Å²) in [5, 5.41) is 12.3. The number of fused-ring (bicyclic) bond motifs is 4. The van der Waals surface area contributed by atoms with Gasteiger partial charge in [0.15, 0.2) is 0 Å². The first-order chi connectivity index (χ1) is 21.8. The first-order valence-electron chi connectivity index (χ1n) is 15.8. The number of aromatic nitrogens is 1. The van der Waals surface area contributed by atoms with Crippen LogP contribution in [0.1, 0.15) is 75.9 Å². The Balaban J connectivity index is 1.48. The van der Waals surface area contributed by atoms with E-state index in [4.69, 9.17) is 23.4 Å². The van der Waals surface area contributed by atoms with E-state index in [2.05, 4.69) is 25.8 Å². The molecule has 3 aromatic rings. The molecular formula is C36H41NO9. The van der Waals surface area contributed by atoms with Gasteiger partial charge in [-0.3, -0.25) is 9.78 Å². The molecule has 10 heteroatoms. The zero-order chi connectivity index (χ0) is 33.0. The highest BCUT2D eigenvalue weighted by atomic mass is 16.6. The molecule has 46 heavy (non-hydrogen) atoms. The van der Waals surface area contributed by atoms with E-state index in [1.807, 2.05) is 6.92 Å². The number of hydrogen-bond donors (Lipinski definition) is 1. The molecule has 2 saturated carbocycles. The fourth-order valence-electron chi connectivity index (χ4n) is 8.62. The van der Waals surface area contributed by atoms with Crippen LogP contribution >= 0.6 is 0 Å². The molecule has 6 rings (SSSR count). The van der Waals surface area contributed by atoms with Gasteiger partial charge in [-0.1, -0.05) is 20.8 Å². The van der Waals surface area contributed by atoms with Crippen molar-refractivity contribution < 1.29 is 38.1 Å². The van der Waals surface area contributed by atoms with Crippen molar-refractivity contribution >= 4 is 11.9 Å². The zero-order valence-corrected chi connectivity index (χ0v) is 27.1. The van der Waals surface area contributed by atoms with Gasteiger partial charge in [0.2, 0.25) is 0 Å². The van der Waals surface area contributed by atoms with E-state index < -0.39 is 46.2 Å². The molecule has 0 amide bonds. The van der Waals surface area contributed by atoms with Crippen molar-refractivity contribution in [2.24, 2.45) is 28.6 Å². The third-order valence-corrected chi connectivity index (χ3v) is 11.3. The van der Waals surface area contributed by atoms with Crippen LogP contribution in [-0.4, -0.2) is 47.5 Å². The van der Waals surface area contributed by atoms with Gasteiger partial charge in [-0.2, -0.15) is 0 Å². The Kier molecular flexibility index (Phi) is 7.99. The smallest absolute Gasteiger partial charge is 0.345 e. The maximum Gasteiger partial charge on any atom is 0.345 e. The number of aliphatic hydroxyl groups excluding tert-OH is 1. The van der Waals surface area contributed by atoms with Gasteiger partial charge in [0.1, 0.15) is 34.5 Å². The number of methoxy groups -OCH3 is 1. The number of nitrogens with zero attached hydrogens (tertiary/aromatic N) is 1. The summed E-state index contributed by atoms with van der Waals surface area (Å²) in [6.07, 6.45) is 3.01. The molecule has 1 N–H and O–H groups in total. The van der Waals surface area contributed by atoms with Gasteiger partial charge in [0.05, 0.1) is 25.4 Å². The number of hydrogen-bond acceptors (Lipinski definition) is 10. The number of benzene rings is 1. The van der Waals surface area contributed by atoms with Crippen molar-refractivity contribution in [1.82, 2.24) is 4.98 Å². The SMILES string of the molecule is COc1ccc(C(=O)O[C@H]2CC3[C@](C)(CC[C@H](C)[C@@]3(C)COC(C)=O)C3[C@@H](O)c4c(cc(-c5cccnc5)oc4=O)O[C@@]32C)cc1. The summed E-state index contributed by atoms with van der Waals surface area (Å²) >= 11 is 0. The number of carbonyl (C=O) groups excluding carboxylic acids is 2. The lowest BCUT2D eigenvalue weighted by molar-refractivity contribution is -0.257. The van der Waals surface area contributed by atoms with Crippen molar-refractivity contribution in [3.8, 4) is 22.8 Å². The van der Waals surface area contributed by atoms with Crippen LogP contribution in [0, 0.1) is 28.6 Å². The Morgan fingerprint density at radius 2 is 1.87 bits per heavy atom. The van der Waals surface area contributed by atoms with Gasteiger partial charge in [-0.05, 0) is 79.8 Å². The third kappa shape index (κ3) is 5.07. The minimum Gasteiger partial charge on any atom is -0.497 e. The van der Waals surface area contributed by atoms with Crippen molar-refractivity contribution in [3.05, 3.63) is 76.4 Å². The second-order valence-electron chi connectivity index (χ2n) is 13.8. The fourth-order valence-corrected chi connectivity index (χ4v) is 8.62. The summed E-state index contributed by atoms with van der Waals surface area (Å²) in [7, 11) is 1.55. The Morgan fingerprint density at radius 1 is 1.13 bits per heavy atom. The lowest BCUT2D eigenvalue weighted by Crippen LogP contribution is -2.70. The average molecular weight is 632 g/mol. The molecule has 2 aliphatic carbocycles. The normalized spacial score (nSPS) is 33.0. The van der Waals surface area contributed by atoms with Crippen LogP contribution in [0.3, 0.4) is 0 Å². The van der Waals surface area contributed by atoms with Gasteiger partial charge in [-0.25, -0.2) is 9.59 Å². The summed E-state index contributed by atoms with van der Waals surface area (Å²) in [6, 6.07) is 11.7. The number of carbonyl (C=O) groups is 2. The van der Waals surface area contributed by atoms with E-state index in [-0.39, 0.29) is 41.5 Å². The molecule has 0 radical (unpaired) electrons. The number of pyridine rings is 1. The maximum atomic E-state index is 13.7. The molecule has 244 valence electrons. The number of ether oxygens (including phenoxy) is 4. The van der Waals surface area contributed by atoms with Crippen LogP contribution in [0.15, 0.2) is 64.1 Å². The van der Waals surface area contributed by atoms with E-state index >= 15 is 0 Å². The zero-order valence-electron chi connectivity index (χ0n) is 27.1. The lowest BCUT2D eigenvalue weighted by atomic mass is 9.41. The maximum absolute atomic E-state index is 13.7. The van der Waals surface area contributed by atoms with Crippen molar-refractivity contribution in [2.75, 3.05) is 13.7 Å².